The lowest BCUT2D eigenvalue weighted by Crippen LogP contribution is -2.02. The summed E-state index contributed by atoms with van der Waals surface area (Å²) in [6.45, 7) is 0.708. The van der Waals surface area contributed by atoms with E-state index in [2.05, 4.69) is 4.98 Å². The van der Waals surface area contributed by atoms with Crippen molar-refractivity contribution in [2.24, 2.45) is 5.73 Å². The Morgan fingerprint density at radius 3 is 2.83 bits per heavy atom. The maximum atomic E-state index is 13.2. The number of halogens is 2. The normalized spacial score (nSPS) is 10.4. The zero-order valence-corrected chi connectivity index (χ0v) is 10.3. The van der Waals surface area contributed by atoms with E-state index in [0.29, 0.717) is 18.9 Å². The van der Waals surface area contributed by atoms with Gasteiger partial charge < -0.3 is 10.5 Å². The van der Waals surface area contributed by atoms with Gasteiger partial charge in [-0.05, 0) is 29.8 Å². The van der Waals surface area contributed by atoms with Gasteiger partial charge in [-0.1, -0.05) is 11.6 Å². The number of aromatic nitrogens is 1. The SMILES string of the molecule is NCc1cc(COc2ccc(Cl)c(F)c2)ccn1. The highest BCUT2D eigenvalue weighted by Crippen LogP contribution is 2.21. The van der Waals surface area contributed by atoms with E-state index in [1.54, 1.807) is 12.3 Å². The van der Waals surface area contributed by atoms with Gasteiger partial charge in [0.25, 0.3) is 0 Å². The van der Waals surface area contributed by atoms with Gasteiger partial charge in [-0.3, -0.25) is 4.98 Å². The van der Waals surface area contributed by atoms with Crippen LogP contribution in [0.15, 0.2) is 36.5 Å². The van der Waals surface area contributed by atoms with E-state index in [-0.39, 0.29) is 5.02 Å². The lowest BCUT2D eigenvalue weighted by Gasteiger charge is -2.07. The molecule has 2 aromatic rings. The van der Waals surface area contributed by atoms with E-state index in [1.165, 1.54) is 12.1 Å². The van der Waals surface area contributed by atoms with Crippen molar-refractivity contribution in [1.29, 1.82) is 0 Å². The van der Waals surface area contributed by atoms with Crippen LogP contribution >= 0.6 is 11.6 Å². The van der Waals surface area contributed by atoms with E-state index < -0.39 is 5.82 Å². The summed E-state index contributed by atoms with van der Waals surface area (Å²) < 4.78 is 18.6. The van der Waals surface area contributed by atoms with Crippen molar-refractivity contribution >= 4 is 11.6 Å². The molecule has 0 aliphatic carbocycles. The molecule has 2 rings (SSSR count). The number of hydrogen-bond donors (Lipinski definition) is 1. The molecule has 0 atom stereocenters. The molecule has 94 valence electrons. The summed E-state index contributed by atoms with van der Waals surface area (Å²) in [6, 6.07) is 8.02. The summed E-state index contributed by atoms with van der Waals surface area (Å²) in [5.41, 5.74) is 7.22. The van der Waals surface area contributed by atoms with Gasteiger partial charge in [0.1, 0.15) is 18.2 Å². The summed E-state index contributed by atoms with van der Waals surface area (Å²) >= 11 is 5.58. The average molecular weight is 267 g/mol. The highest BCUT2D eigenvalue weighted by atomic mass is 35.5. The molecule has 5 heteroatoms. The van der Waals surface area contributed by atoms with Crippen LogP contribution in [0.4, 0.5) is 4.39 Å². The van der Waals surface area contributed by atoms with Crippen molar-refractivity contribution in [2.75, 3.05) is 0 Å². The van der Waals surface area contributed by atoms with Gasteiger partial charge in [0.2, 0.25) is 0 Å². The molecule has 2 N–H and O–H groups in total. The minimum Gasteiger partial charge on any atom is -0.489 e. The first-order valence-electron chi connectivity index (χ1n) is 5.41. The highest BCUT2D eigenvalue weighted by molar-refractivity contribution is 6.30. The minimum absolute atomic E-state index is 0.0803. The predicted molar refractivity (Wildman–Crippen MR) is 67.9 cm³/mol. The highest BCUT2D eigenvalue weighted by Gasteiger charge is 2.02. The lowest BCUT2D eigenvalue weighted by atomic mass is 10.2. The zero-order chi connectivity index (χ0) is 13.0. The van der Waals surface area contributed by atoms with Crippen LogP contribution in [0.3, 0.4) is 0 Å². The number of hydrogen-bond acceptors (Lipinski definition) is 3. The fraction of sp³-hybridized carbons (Fsp3) is 0.154. The third-order valence-corrected chi connectivity index (χ3v) is 2.69. The van der Waals surface area contributed by atoms with Crippen LogP contribution in [0.2, 0.25) is 5.02 Å². The van der Waals surface area contributed by atoms with Crippen molar-refractivity contribution in [2.45, 2.75) is 13.2 Å². The first-order chi connectivity index (χ1) is 8.69. The Labute approximate surface area is 109 Å². The fourth-order valence-electron chi connectivity index (χ4n) is 1.46. The van der Waals surface area contributed by atoms with Crippen LogP contribution in [-0.4, -0.2) is 4.98 Å². The lowest BCUT2D eigenvalue weighted by molar-refractivity contribution is 0.304. The number of rotatable bonds is 4. The monoisotopic (exact) mass is 266 g/mol. The van der Waals surface area contributed by atoms with Gasteiger partial charge in [0, 0.05) is 18.8 Å². The largest absolute Gasteiger partial charge is 0.489 e. The van der Waals surface area contributed by atoms with Gasteiger partial charge in [-0.2, -0.15) is 0 Å². The van der Waals surface area contributed by atoms with E-state index in [1.807, 2.05) is 12.1 Å². The van der Waals surface area contributed by atoms with Crippen molar-refractivity contribution in [3.05, 3.63) is 58.6 Å². The molecule has 0 amide bonds. The van der Waals surface area contributed by atoms with Crippen LogP contribution in [0.25, 0.3) is 0 Å². The summed E-state index contributed by atoms with van der Waals surface area (Å²) in [7, 11) is 0. The second-order valence-electron chi connectivity index (χ2n) is 3.72. The van der Waals surface area contributed by atoms with Gasteiger partial charge in [0.15, 0.2) is 0 Å². The second kappa shape index (κ2) is 5.80. The molecular weight excluding hydrogens is 255 g/mol. The van der Waals surface area contributed by atoms with E-state index in [4.69, 9.17) is 22.1 Å². The maximum Gasteiger partial charge on any atom is 0.145 e. The van der Waals surface area contributed by atoms with Gasteiger partial charge >= 0.3 is 0 Å². The second-order valence-corrected chi connectivity index (χ2v) is 4.13. The predicted octanol–water partition coefficient (Wildman–Crippen LogP) is 2.91. The van der Waals surface area contributed by atoms with E-state index >= 15 is 0 Å². The number of nitrogens with zero attached hydrogens (tertiary/aromatic N) is 1. The molecule has 0 aliphatic rings. The van der Waals surface area contributed by atoms with Crippen LogP contribution in [-0.2, 0) is 13.2 Å². The smallest absolute Gasteiger partial charge is 0.145 e. The molecule has 0 radical (unpaired) electrons. The molecule has 0 bridgehead atoms. The summed E-state index contributed by atoms with van der Waals surface area (Å²) in [5, 5.41) is 0.0803. The van der Waals surface area contributed by atoms with E-state index in [9.17, 15) is 4.39 Å². The van der Waals surface area contributed by atoms with Crippen molar-refractivity contribution in [3.8, 4) is 5.75 Å². The van der Waals surface area contributed by atoms with Crippen LogP contribution < -0.4 is 10.5 Å². The minimum atomic E-state index is -0.494. The average Bonchev–Trinajstić information content (AvgIpc) is 2.40. The fourth-order valence-corrected chi connectivity index (χ4v) is 1.58. The standard InChI is InChI=1S/C13H12ClFN2O/c14-12-2-1-11(6-13(12)15)18-8-9-3-4-17-10(5-9)7-16/h1-6H,7-8,16H2. The Morgan fingerprint density at radius 1 is 1.28 bits per heavy atom. The van der Waals surface area contributed by atoms with Gasteiger partial charge in [-0.25, -0.2) is 4.39 Å². The molecule has 0 saturated heterocycles. The van der Waals surface area contributed by atoms with Crippen molar-refractivity contribution in [1.82, 2.24) is 4.98 Å². The van der Waals surface area contributed by atoms with Crippen LogP contribution in [0, 0.1) is 5.82 Å². The topological polar surface area (TPSA) is 48.1 Å². The summed E-state index contributed by atoms with van der Waals surface area (Å²) in [5.74, 6) is -0.0606. The molecule has 3 nitrogen and oxygen atoms in total. The molecule has 18 heavy (non-hydrogen) atoms. The first-order valence-corrected chi connectivity index (χ1v) is 5.78. The third-order valence-electron chi connectivity index (χ3n) is 2.39. The molecule has 0 fully saturated rings. The number of pyridine rings is 1. The molecule has 0 unspecified atom stereocenters. The molecule has 0 saturated carbocycles. The molecule has 1 heterocycles. The Kier molecular flexibility index (Phi) is 4.12. The third kappa shape index (κ3) is 3.18. The first kappa shape index (κ1) is 12.8. The summed E-state index contributed by atoms with van der Waals surface area (Å²) in [6.07, 6.45) is 1.67. The maximum absolute atomic E-state index is 13.2. The molecule has 1 aromatic carbocycles. The van der Waals surface area contributed by atoms with Gasteiger partial charge in [0.05, 0.1) is 10.7 Å². The van der Waals surface area contributed by atoms with Crippen molar-refractivity contribution < 1.29 is 9.13 Å². The summed E-state index contributed by atoms with van der Waals surface area (Å²) in [4.78, 5) is 4.08. The van der Waals surface area contributed by atoms with Crippen molar-refractivity contribution in [3.63, 3.8) is 0 Å². The Hall–Kier alpha value is -1.65. The van der Waals surface area contributed by atoms with Crippen LogP contribution in [0.1, 0.15) is 11.3 Å². The number of benzene rings is 1. The molecule has 0 aliphatic heterocycles. The Balaban J connectivity index is 2.04. The Morgan fingerprint density at radius 2 is 2.11 bits per heavy atom. The quantitative estimate of drug-likeness (QED) is 0.926. The number of ether oxygens (including phenoxy) is 1. The molecule has 0 spiro atoms. The van der Waals surface area contributed by atoms with Gasteiger partial charge in [-0.15, -0.1) is 0 Å². The van der Waals surface area contributed by atoms with E-state index in [0.717, 1.165) is 11.3 Å². The van der Waals surface area contributed by atoms with Crippen LogP contribution in [0.5, 0.6) is 5.75 Å². The zero-order valence-electron chi connectivity index (χ0n) is 9.57. The number of nitrogens with two attached hydrogens (primary N) is 1. The molecular formula is C13H12ClFN2O. The Bertz CT molecular complexity index is 548. The molecule has 1 aromatic heterocycles.